The van der Waals surface area contributed by atoms with Crippen molar-refractivity contribution in [2.45, 2.75) is 12.1 Å². The lowest BCUT2D eigenvalue weighted by Crippen LogP contribution is -2.29. The molecule has 0 aliphatic rings. The second-order valence-electron chi connectivity index (χ2n) is 5.49. The predicted molar refractivity (Wildman–Crippen MR) is 96.9 cm³/mol. The molecule has 0 spiro atoms. The fourth-order valence-corrected chi connectivity index (χ4v) is 3.54. The summed E-state index contributed by atoms with van der Waals surface area (Å²) in [7, 11) is -5.52. The molecule has 0 bridgehead atoms. The van der Waals surface area contributed by atoms with Crippen LogP contribution >= 0.6 is 11.3 Å². The van der Waals surface area contributed by atoms with Crippen LogP contribution in [-0.4, -0.2) is 18.9 Å². The van der Waals surface area contributed by atoms with Gasteiger partial charge in [0.05, 0.1) is 11.4 Å². The van der Waals surface area contributed by atoms with Crippen LogP contribution in [0.25, 0.3) is 10.6 Å². The van der Waals surface area contributed by atoms with E-state index in [0.29, 0.717) is 16.3 Å². The average molecular weight is 432 g/mol. The van der Waals surface area contributed by atoms with Gasteiger partial charge in [0.25, 0.3) is 0 Å². The molecule has 0 saturated heterocycles. The lowest BCUT2D eigenvalue weighted by molar-refractivity contribution is -0.0429. The zero-order valence-electron chi connectivity index (χ0n) is 13.9. The number of hydrogen-bond donors (Lipinski definition) is 1. The summed E-state index contributed by atoms with van der Waals surface area (Å²) in [6.45, 7) is -0.0274. The zero-order valence-corrected chi connectivity index (χ0v) is 15.5. The maximum absolute atomic E-state index is 13.8. The molecule has 3 rings (SSSR count). The van der Waals surface area contributed by atoms with Gasteiger partial charge < -0.3 is 4.74 Å². The minimum absolute atomic E-state index is 0.0274. The molecule has 1 aromatic heterocycles. The third-order valence-corrected chi connectivity index (χ3v) is 5.47. The van der Waals surface area contributed by atoms with E-state index >= 15 is 0 Å². The number of nitrogens with one attached hydrogen (secondary N) is 1. The minimum Gasteiger partial charge on any atom is -0.487 e. The Labute approximate surface area is 161 Å². The van der Waals surface area contributed by atoms with Gasteiger partial charge in [0.2, 0.25) is 0 Å². The number of aromatic nitrogens is 1. The fourth-order valence-electron chi connectivity index (χ4n) is 2.15. The molecule has 5 nitrogen and oxygen atoms in total. The van der Waals surface area contributed by atoms with Crippen LogP contribution in [-0.2, 0) is 16.6 Å². The van der Waals surface area contributed by atoms with Gasteiger partial charge in [-0.1, -0.05) is 18.2 Å². The van der Waals surface area contributed by atoms with Crippen molar-refractivity contribution in [2.24, 2.45) is 0 Å². The van der Waals surface area contributed by atoms with Crippen LogP contribution < -0.4 is 9.46 Å². The van der Waals surface area contributed by atoms with Crippen molar-refractivity contribution in [3.05, 3.63) is 65.4 Å². The van der Waals surface area contributed by atoms with Gasteiger partial charge in [0, 0.05) is 17.0 Å². The monoisotopic (exact) mass is 432 g/mol. The summed E-state index contributed by atoms with van der Waals surface area (Å²) in [4.78, 5) is 4.26. The molecule has 0 radical (unpaired) electrons. The molecule has 0 amide bonds. The first kappa shape index (κ1) is 20.1. The Morgan fingerprint density at radius 1 is 1.11 bits per heavy atom. The number of thiazole rings is 1. The molecule has 1 heterocycles. The quantitative estimate of drug-likeness (QED) is 0.569. The molecule has 0 aliphatic carbocycles. The number of anilines is 1. The minimum atomic E-state index is -5.52. The molecule has 3 aromatic rings. The van der Waals surface area contributed by atoms with E-state index in [-0.39, 0.29) is 18.0 Å². The maximum atomic E-state index is 13.8. The summed E-state index contributed by atoms with van der Waals surface area (Å²) >= 11 is 1.22. The Hall–Kier alpha value is -2.66. The Morgan fingerprint density at radius 3 is 2.57 bits per heavy atom. The van der Waals surface area contributed by atoms with Crippen molar-refractivity contribution >= 4 is 27.0 Å². The molecule has 1 N–H and O–H groups in total. The third-order valence-electron chi connectivity index (χ3n) is 3.43. The molecular weight excluding hydrogens is 420 g/mol. The highest BCUT2D eigenvalue weighted by Crippen LogP contribution is 2.28. The van der Waals surface area contributed by atoms with Crippen molar-refractivity contribution < 1.29 is 30.7 Å². The zero-order chi connectivity index (χ0) is 20.4. The van der Waals surface area contributed by atoms with Crippen LogP contribution in [0, 0.1) is 5.82 Å². The summed E-state index contributed by atoms with van der Waals surface area (Å²) in [6, 6.07) is 11.2. The van der Waals surface area contributed by atoms with Gasteiger partial charge in [-0.3, -0.25) is 4.72 Å². The Balaban J connectivity index is 1.69. The highest BCUT2D eigenvalue weighted by Gasteiger charge is 2.46. The summed E-state index contributed by atoms with van der Waals surface area (Å²) < 4.78 is 80.3. The van der Waals surface area contributed by atoms with Gasteiger partial charge in [-0.05, 0) is 24.3 Å². The number of ether oxygens (including phenoxy) is 1. The van der Waals surface area contributed by atoms with Crippen molar-refractivity contribution in [3.63, 3.8) is 0 Å². The maximum Gasteiger partial charge on any atom is 0.516 e. The number of alkyl halides is 3. The van der Waals surface area contributed by atoms with Crippen LogP contribution in [0.4, 0.5) is 23.2 Å². The first-order chi connectivity index (χ1) is 13.2. The lowest BCUT2D eigenvalue weighted by atomic mass is 10.2. The van der Waals surface area contributed by atoms with Gasteiger partial charge in [0.15, 0.2) is 0 Å². The van der Waals surface area contributed by atoms with Gasteiger partial charge in [-0.2, -0.15) is 21.6 Å². The number of hydrogen-bond acceptors (Lipinski definition) is 5. The Morgan fingerprint density at radius 2 is 1.86 bits per heavy atom. The van der Waals surface area contributed by atoms with Crippen molar-refractivity contribution in [1.82, 2.24) is 4.98 Å². The van der Waals surface area contributed by atoms with E-state index in [1.807, 2.05) is 0 Å². The van der Waals surface area contributed by atoms with E-state index in [9.17, 15) is 26.0 Å². The Kier molecular flexibility index (Phi) is 5.57. The summed E-state index contributed by atoms with van der Waals surface area (Å²) in [5, 5.41) is 2.13. The first-order valence-electron chi connectivity index (χ1n) is 7.67. The Bertz CT molecular complexity index is 1080. The SMILES string of the molecule is O=S(=O)(Nc1cccc(OCc2csc(-c3ccccc3F)n2)c1)C(F)(F)F. The molecule has 28 heavy (non-hydrogen) atoms. The number of halogens is 4. The molecule has 0 atom stereocenters. The molecule has 11 heteroatoms. The number of rotatable bonds is 6. The molecule has 0 aliphatic heterocycles. The van der Waals surface area contributed by atoms with E-state index < -0.39 is 21.3 Å². The molecule has 0 unspecified atom stereocenters. The van der Waals surface area contributed by atoms with Crippen molar-refractivity contribution in [2.75, 3.05) is 4.72 Å². The molecule has 0 saturated carbocycles. The number of sulfonamides is 1. The number of nitrogens with zero attached hydrogens (tertiary/aromatic N) is 1. The summed E-state index contributed by atoms with van der Waals surface area (Å²) in [6.07, 6.45) is 0. The largest absolute Gasteiger partial charge is 0.516 e. The molecule has 0 fully saturated rings. The third kappa shape index (κ3) is 4.60. The standard InChI is InChI=1S/C17H12F4N2O3S2/c18-15-7-2-1-6-14(15)16-22-12(10-27-16)9-26-13-5-3-4-11(8-13)23-28(24,25)17(19,20)21/h1-8,10,23H,9H2. The van der Waals surface area contributed by atoms with Crippen LogP contribution in [0.2, 0.25) is 0 Å². The second kappa shape index (κ2) is 7.76. The summed E-state index contributed by atoms with van der Waals surface area (Å²) in [5.74, 6) is -0.267. The van der Waals surface area contributed by atoms with E-state index in [1.165, 1.54) is 34.3 Å². The number of benzene rings is 2. The molecule has 148 valence electrons. The lowest BCUT2D eigenvalue weighted by Gasteiger charge is -2.11. The van der Waals surface area contributed by atoms with E-state index in [4.69, 9.17) is 4.74 Å². The van der Waals surface area contributed by atoms with Crippen LogP contribution in [0.1, 0.15) is 5.69 Å². The van der Waals surface area contributed by atoms with Crippen molar-refractivity contribution in [1.29, 1.82) is 0 Å². The van der Waals surface area contributed by atoms with Crippen LogP contribution in [0.3, 0.4) is 0 Å². The van der Waals surface area contributed by atoms with Gasteiger partial charge in [0.1, 0.15) is 23.2 Å². The van der Waals surface area contributed by atoms with E-state index in [0.717, 1.165) is 12.1 Å². The smallest absolute Gasteiger partial charge is 0.487 e. The van der Waals surface area contributed by atoms with Gasteiger partial charge >= 0.3 is 15.5 Å². The van der Waals surface area contributed by atoms with Crippen LogP contribution in [0.5, 0.6) is 5.75 Å². The van der Waals surface area contributed by atoms with Gasteiger partial charge in [-0.15, -0.1) is 11.3 Å². The topological polar surface area (TPSA) is 68.3 Å². The normalized spacial score (nSPS) is 12.0. The van der Waals surface area contributed by atoms with Crippen LogP contribution in [0.15, 0.2) is 53.9 Å². The molecular formula is C17H12F4N2O3S2. The fraction of sp³-hybridized carbons (Fsp3) is 0.118. The van der Waals surface area contributed by atoms with Gasteiger partial charge in [-0.25, -0.2) is 9.37 Å². The highest BCUT2D eigenvalue weighted by molar-refractivity contribution is 7.93. The molecule has 2 aromatic carbocycles. The van der Waals surface area contributed by atoms with E-state index in [1.54, 1.807) is 23.6 Å². The second-order valence-corrected chi connectivity index (χ2v) is 8.02. The first-order valence-corrected chi connectivity index (χ1v) is 10.0. The predicted octanol–water partition coefficient (Wildman–Crippen LogP) is 4.79. The van der Waals surface area contributed by atoms with Crippen molar-refractivity contribution in [3.8, 4) is 16.3 Å². The van der Waals surface area contributed by atoms with E-state index in [2.05, 4.69) is 4.98 Å². The highest BCUT2D eigenvalue weighted by atomic mass is 32.2. The average Bonchev–Trinajstić information content (AvgIpc) is 3.08. The summed E-state index contributed by atoms with van der Waals surface area (Å²) in [5.41, 5.74) is -4.87.